The van der Waals surface area contributed by atoms with Crippen molar-refractivity contribution in [2.24, 2.45) is 0 Å². The minimum absolute atomic E-state index is 0.0658. The first-order valence-corrected chi connectivity index (χ1v) is 15.8. The van der Waals surface area contributed by atoms with E-state index in [-0.39, 0.29) is 29.6 Å². The third kappa shape index (κ3) is 15.8. The van der Waals surface area contributed by atoms with Crippen molar-refractivity contribution < 1.29 is 38.4 Å². The normalized spacial score (nSPS) is 11.4. The highest BCUT2D eigenvalue weighted by Crippen LogP contribution is 2.20. The Hall–Kier alpha value is -4.35. The van der Waals surface area contributed by atoms with E-state index in [0.29, 0.717) is 12.0 Å². The molecule has 2 rings (SSSR count). The third-order valence-electron chi connectivity index (χ3n) is 7.25. The number of non-ortho nitro benzene ring substituents is 2. The van der Waals surface area contributed by atoms with Gasteiger partial charge in [0.05, 0.1) is 15.4 Å². The van der Waals surface area contributed by atoms with Gasteiger partial charge in [-0.15, -0.1) is 0 Å². The number of hydrogen-bond donors (Lipinski definition) is 0. The van der Waals surface area contributed by atoms with Crippen molar-refractivity contribution >= 4 is 29.3 Å². The topological polar surface area (TPSA) is 165 Å². The molecule has 0 spiro atoms. The van der Waals surface area contributed by atoms with Crippen molar-refractivity contribution in [3.8, 4) is 5.75 Å². The van der Waals surface area contributed by atoms with Gasteiger partial charge in [0.15, 0.2) is 6.61 Å². The van der Waals surface area contributed by atoms with Crippen LogP contribution in [0, 0.1) is 20.2 Å². The van der Waals surface area contributed by atoms with Gasteiger partial charge in [0.1, 0.15) is 11.9 Å². The zero-order chi connectivity index (χ0) is 32.9. The van der Waals surface area contributed by atoms with Crippen LogP contribution in [0.4, 0.5) is 11.4 Å². The third-order valence-corrected chi connectivity index (χ3v) is 7.25. The summed E-state index contributed by atoms with van der Waals surface area (Å²) < 4.78 is 15.7. The number of rotatable bonds is 23. The summed E-state index contributed by atoms with van der Waals surface area (Å²) in [5.74, 6) is -1.56. The van der Waals surface area contributed by atoms with Crippen LogP contribution < -0.4 is 4.74 Å². The zero-order valence-electron chi connectivity index (χ0n) is 26.0. The van der Waals surface area contributed by atoms with Crippen LogP contribution >= 0.6 is 0 Å². The van der Waals surface area contributed by atoms with Gasteiger partial charge in [0.2, 0.25) is 0 Å². The Morgan fingerprint density at radius 3 is 1.69 bits per heavy atom. The van der Waals surface area contributed by atoms with Crippen molar-refractivity contribution in [1.29, 1.82) is 0 Å². The summed E-state index contributed by atoms with van der Waals surface area (Å²) in [6.45, 7) is 1.63. The molecular weight excluding hydrogens is 584 g/mol. The van der Waals surface area contributed by atoms with E-state index in [4.69, 9.17) is 14.2 Å². The summed E-state index contributed by atoms with van der Waals surface area (Å²) in [6, 6.07) is 10.5. The fraction of sp³-hybridized carbons (Fsp3) is 0.545. The number of carbonyl (C=O) groups excluding carboxylic acids is 3. The number of hydrogen-bond acceptors (Lipinski definition) is 10. The molecule has 0 bridgehead atoms. The highest BCUT2D eigenvalue weighted by molar-refractivity contribution is 5.89. The molecule has 2 aromatic carbocycles. The van der Waals surface area contributed by atoms with E-state index in [1.807, 2.05) is 0 Å². The monoisotopic (exact) mass is 628 g/mol. The van der Waals surface area contributed by atoms with Crippen LogP contribution in [0.15, 0.2) is 48.5 Å². The van der Waals surface area contributed by atoms with Gasteiger partial charge in [-0.3, -0.25) is 25.0 Å². The summed E-state index contributed by atoms with van der Waals surface area (Å²) >= 11 is 0. The molecule has 1 unspecified atom stereocenters. The molecule has 0 aliphatic carbocycles. The molecule has 0 saturated heterocycles. The quantitative estimate of drug-likeness (QED) is 0.0386. The molecule has 0 amide bonds. The summed E-state index contributed by atoms with van der Waals surface area (Å²) in [6.07, 6.45) is 13.7. The van der Waals surface area contributed by atoms with Gasteiger partial charge in [0.25, 0.3) is 11.4 Å². The predicted octanol–water partition coefficient (Wildman–Crippen LogP) is 8.05. The molecule has 2 aromatic rings. The number of ether oxygens (including phenoxy) is 3. The lowest BCUT2D eigenvalue weighted by Gasteiger charge is -2.18. The smallest absolute Gasteiger partial charge is 0.349 e. The minimum atomic E-state index is -0.761. The molecular formula is C33H44N2O10. The van der Waals surface area contributed by atoms with Gasteiger partial charge in [-0.1, -0.05) is 64.7 Å². The lowest BCUT2D eigenvalue weighted by Crippen LogP contribution is -2.18. The Kier molecular flexibility index (Phi) is 17.5. The van der Waals surface area contributed by atoms with Gasteiger partial charge in [0, 0.05) is 30.7 Å². The molecule has 0 aromatic heterocycles. The Morgan fingerprint density at radius 2 is 1.16 bits per heavy atom. The first kappa shape index (κ1) is 36.8. The van der Waals surface area contributed by atoms with Crippen molar-refractivity contribution in [2.45, 2.75) is 109 Å². The highest BCUT2D eigenvalue weighted by atomic mass is 16.6. The van der Waals surface area contributed by atoms with Gasteiger partial charge in [-0.25, -0.2) is 9.59 Å². The van der Waals surface area contributed by atoms with E-state index in [1.165, 1.54) is 48.5 Å². The average Bonchev–Trinajstić information content (AvgIpc) is 3.03. The van der Waals surface area contributed by atoms with E-state index >= 15 is 0 Å². The van der Waals surface area contributed by atoms with Gasteiger partial charge >= 0.3 is 17.9 Å². The van der Waals surface area contributed by atoms with Crippen molar-refractivity contribution in [2.75, 3.05) is 6.61 Å². The fourth-order valence-corrected chi connectivity index (χ4v) is 4.71. The molecule has 0 saturated carbocycles. The molecule has 1 atom stereocenters. The molecule has 0 fully saturated rings. The second-order valence-electron chi connectivity index (χ2n) is 10.9. The molecule has 12 nitrogen and oxygen atoms in total. The largest absolute Gasteiger partial charge is 0.459 e. The van der Waals surface area contributed by atoms with Gasteiger partial charge in [-0.05, 0) is 56.4 Å². The molecule has 0 aliphatic heterocycles. The predicted molar refractivity (Wildman–Crippen MR) is 167 cm³/mol. The zero-order valence-corrected chi connectivity index (χ0v) is 26.0. The maximum absolute atomic E-state index is 12.6. The van der Waals surface area contributed by atoms with E-state index in [9.17, 15) is 34.6 Å². The molecule has 12 heteroatoms. The number of benzene rings is 2. The molecule has 45 heavy (non-hydrogen) atoms. The van der Waals surface area contributed by atoms with Crippen molar-refractivity contribution in [3.63, 3.8) is 0 Å². The maximum atomic E-state index is 12.6. The maximum Gasteiger partial charge on any atom is 0.349 e. The SMILES string of the molecule is CCCCCCC(CCCCCCCCCCC(=O)OCC(=O)Oc1ccc([N+](=O)[O-])cc1)OC(=O)c1ccc([N+](=O)[O-])cc1. The van der Waals surface area contributed by atoms with Crippen LogP contribution in [0.1, 0.15) is 114 Å². The number of carbonyl (C=O) groups is 3. The molecule has 0 aliphatic rings. The van der Waals surface area contributed by atoms with E-state index in [1.54, 1.807) is 0 Å². The molecule has 0 heterocycles. The van der Waals surface area contributed by atoms with Crippen LogP contribution in [0.5, 0.6) is 5.75 Å². The van der Waals surface area contributed by atoms with Crippen molar-refractivity contribution in [1.82, 2.24) is 0 Å². The molecule has 0 radical (unpaired) electrons. The van der Waals surface area contributed by atoms with Crippen molar-refractivity contribution in [3.05, 3.63) is 74.3 Å². The second kappa shape index (κ2) is 21.4. The standard InChI is InChI=1S/C33H44N2O10/c1-2-3-4-11-14-29(45-33(38)26-17-19-27(20-18-26)34(39)40)15-12-9-7-5-6-8-10-13-16-31(36)43-25-32(37)44-30-23-21-28(22-24-30)35(41)42/h17-24,29H,2-16,25H2,1H3. The number of unbranched alkanes of at least 4 members (excludes halogenated alkanes) is 10. The fourth-order valence-electron chi connectivity index (χ4n) is 4.71. The van der Waals surface area contributed by atoms with Crippen LogP contribution in [-0.2, 0) is 19.1 Å². The van der Waals surface area contributed by atoms with E-state index in [0.717, 1.165) is 83.5 Å². The van der Waals surface area contributed by atoms with Crippen LogP contribution in [0.3, 0.4) is 0 Å². The Bertz CT molecular complexity index is 1210. The molecule has 0 N–H and O–H groups in total. The number of esters is 3. The van der Waals surface area contributed by atoms with Gasteiger partial charge in [-0.2, -0.15) is 0 Å². The Labute approximate surface area is 263 Å². The van der Waals surface area contributed by atoms with E-state index in [2.05, 4.69) is 6.92 Å². The van der Waals surface area contributed by atoms with Gasteiger partial charge < -0.3 is 14.2 Å². The lowest BCUT2D eigenvalue weighted by atomic mass is 10.0. The van der Waals surface area contributed by atoms with Crippen LogP contribution in [0.25, 0.3) is 0 Å². The Balaban J connectivity index is 1.55. The number of nitrogens with zero attached hydrogens (tertiary/aromatic N) is 2. The van der Waals surface area contributed by atoms with E-state index < -0.39 is 34.4 Å². The first-order valence-electron chi connectivity index (χ1n) is 15.8. The van der Waals surface area contributed by atoms with Crippen LogP contribution in [-0.4, -0.2) is 40.5 Å². The second-order valence-corrected chi connectivity index (χ2v) is 10.9. The average molecular weight is 629 g/mol. The summed E-state index contributed by atoms with van der Waals surface area (Å²) in [7, 11) is 0. The highest BCUT2D eigenvalue weighted by Gasteiger charge is 2.17. The van der Waals surface area contributed by atoms with Crippen LogP contribution in [0.2, 0.25) is 0 Å². The Morgan fingerprint density at radius 1 is 0.667 bits per heavy atom. The molecule has 246 valence electrons. The number of nitro groups is 2. The lowest BCUT2D eigenvalue weighted by molar-refractivity contribution is -0.385. The number of nitro benzene ring substituents is 2. The summed E-state index contributed by atoms with van der Waals surface area (Å²) in [4.78, 5) is 56.8. The first-order chi connectivity index (χ1) is 21.7. The summed E-state index contributed by atoms with van der Waals surface area (Å²) in [5, 5.41) is 21.5. The summed E-state index contributed by atoms with van der Waals surface area (Å²) in [5.41, 5.74) is 0.126. The minimum Gasteiger partial charge on any atom is -0.459 e.